The van der Waals surface area contributed by atoms with Crippen LogP contribution in [0.5, 0.6) is 0 Å². The Bertz CT molecular complexity index is 1440. The molecule has 1 aromatic heterocycles. The number of anilines is 1. The van der Waals surface area contributed by atoms with E-state index in [1.807, 2.05) is 12.4 Å². The molecule has 3 aliphatic rings. The molecule has 1 aromatic carbocycles. The van der Waals surface area contributed by atoms with Crippen LogP contribution in [-0.4, -0.2) is 48.6 Å². The highest BCUT2D eigenvalue weighted by molar-refractivity contribution is 6.38. The molecule has 3 heterocycles. The van der Waals surface area contributed by atoms with Crippen molar-refractivity contribution in [2.24, 2.45) is 5.92 Å². The Balaban J connectivity index is 1.66. The number of benzene rings is 1. The lowest BCUT2D eigenvalue weighted by Gasteiger charge is -2.22. The van der Waals surface area contributed by atoms with Gasteiger partial charge in [0.25, 0.3) is 0 Å². The molecule has 2 aromatic rings. The van der Waals surface area contributed by atoms with Gasteiger partial charge < -0.3 is 24.3 Å². The molecule has 0 unspecified atom stereocenters. The van der Waals surface area contributed by atoms with Crippen LogP contribution < -0.4 is 15.6 Å². The van der Waals surface area contributed by atoms with E-state index in [0.717, 1.165) is 30.1 Å². The van der Waals surface area contributed by atoms with Crippen molar-refractivity contribution >= 4 is 45.9 Å². The minimum atomic E-state index is -1.96. The normalized spacial score (nSPS) is 16.4. The van der Waals surface area contributed by atoms with Gasteiger partial charge in [-0.05, 0) is 43.9 Å². The van der Waals surface area contributed by atoms with Crippen molar-refractivity contribution in [3.05, 3.63) is 62.4 Å². The number of esters is 2. The fourth-order valence-electron chi connectivity index (χ4n) is 4.76. The van der Waals surface area contributed by atoms with E-state index >= 15 is 4.39 Å². The summed E-state index contributed by atoms with van der Waals surface area (Å²) in [4.78, 5) is 53.7. The van der Waals surface area contributed by atoms with Crippen molar-refractivity contribution in [1.29, 1.82) is 0 Å². The number of aromatic nitrogens is 1. The molecule has 0 amide bonds. The van der Waals surface area contributed by atoms with Gasteiger partial charge in [0.1, 0.15) is 5.82 Å². The summed E-state index contributed by atoms with van der Waals surface area (Å²) in [5.74, 6) is -5.97. The number of rotatable bonds is 8. The highest BCUT2D eigenvalue weighted by Crippen LogP contribution is 2.43. The first kappa shape index (κ1) is 25.0. The van der Waals surface area contributed by atoms with Crippen molar-refractivity contribution in [2.75, 3.05) is 31.2 Å². The SMILES string of the molecule is CCOC(=O)C(C(=O)OCC)C(=O)c1cn(C2CC2)c2c(Cl)c(N3C=C4CNC=C4C3)c(F)cc2c1=O. The number of pyridine rings is 1. The number of hydrogen-bond donors (Lipinski definition) is 1. The Morgan fingerprint density at radius 3 is 2.43 bits per heavy atom. The number of hydrogen-bond acceptors (Lipinski definition) is 8. The number of ether oxygens (including phenoxy) is 2. The van der Waals surface area contributed by atoms with Gasteiger partial charge in [-0.1, -0.05) is 11.6 Å². The van der Waals surface area contributed by atoms with E-state index in [0.29, 0.717) is 18.6 Å². The number of Topliss-reactive ketones (excluding diaryl/α,β-unsaturated/α-hetero) is 1. The predicted octanol–water partition coefficient (Wildman–Crippen LogP) is 3.25. The summed E-state index contributed by atoms with van der Waals surface area (Å²) in [5.41, 5.74) is 1.24. The topological polar surface area (TPSA) is 107 Å². The summed E-state index contributed by atoms with van der Waals surface area (Å²) in [5, 5.41) is 3.07. The average Bonchev–Trinajstić information content (AvgIpc) is 3.47. The van der Waals surface area contributed by atoms with E-state index in [1.54, 1.807) is 9.47 Å². The number of carbonyl (C=O) groups excluding carboxylic acids is 3. The van der Waals surface area contributed by atoms with Crippen molar-refractivity contribution < 1.29 is 28.2 Å². The molecule has 1 N–H and O–H groups in total. The van der Waals surface area contributed by atoms with Crippen LogP contribution in [0.15, 0.2) is 40.6 Å². The molecular formula is C26H25ClFN3O6. The second kappa shape index (κ2) is 9.66. The van der Waals surface area contributed by atoms with Gasteiger partial charge in [-0.25, -0.2) is 4.39 Å². The van der Waals surface area contributed by atoms with Crippen molar-refractivity contribution in [2.45, 2.75) is 32.7 Å². The highest BCUT2D eigenvalue weighted by atomic mass is 35.5. The molecule has 1 saturated carbocycles. The molecule has 0 bridgehead atoms. The Hall–Kier alpha value is -3.66. The van der Waals surface area contributed by atoms with Crippen LogP contribution in [0.1, 0.15) is 43.1 Å². The van der Waals surface area contributed by atoms with Crippen LogP contribution in [-0.2, 0) is 19.1 Å². The van der Waals surface area contributed by atoms with Crippen LogP contribution in [0.2, 0.25) is 5.02 Å². The maximum atomic E-state index is 15.5. The lowest BCUT2D eigenvalue weighted by molar-refractivity contribution is -0.158. The Labute approximate surface area is 216 Å². The Morgan fingerprint density at radius 1 is 1.16 bits per heavy atom. The maximum absolute atomic E-state index is 15.5. The van der Waals surface area contributed by atoms with Crippen molar-refractivity contribution in [3.8, 4) is 0 Å². The molecule has 0 atom stereocenters. The zero-order chi connectivity index (χ0) is 26.4. The van der Waals surface area contributed by atoms with Crippen LogP contribution in [0.4, 0.5) is 10.1 Å². The average molecular weight is 530 g/mol. The number of nitrogens with one attached hydrogen (secondary N) is 1. The Kier molecular flexibility index (Phi) is 6.53. The molecule has 11 heteroatoms. The number of fused-ring (bicyclic) bond motifs is 2. The summed E-state index contributed by atoms with van der Waals surface area (Å²) >= 11 is 6.77. The standard InChI is InChI=1S/C26H25ClFN3O6/c1-3-36-25(34)19(26(35)37-4-2)24(33)17-12-31(15-5-6-15)21-16(23(17)32)7-18(28)22(20(21)27)30-10-13-8-29-9-14(13)11-30/h7-8,11-12,15,19,29H,3-6,9-10H2,1-2H3. The quantitative estimate of drug-likeness (QED) is 0.315. The smallest absolute Gasteiger partial charge is 0.328 e. The minimum Gasteiger partial charge on any atom is -0.465 e. The van der Waals surface area contributed by atoms with Gasteiger partial charge in [0, 0.05) is 37.7 Å². The third-order valence-electron chi connectivity index (χ3n) is 6.62. The molecule has 0 radical (unpaired) electrons. The van der Waals surface area contributed by atoms with Crippen LogP contribution in [0.25, 0.3) is 10.9 Å². The molecule has 1 aliphatic carbocycles. The first-order chi connectivity index (χ1) is 17.8. The van der Waals surface area contributed by atoms with Crippen molar-refractivity contribution in [1.82, 2.24) is 9.88 Å². The fraction of sp³-hybridized carbons (Fsp3) is 0.385. The minimum absolute atomic E-state index is 0.0516. The summed E-state index contributed by atoms with van der Waals surface area (Å²) in [6.07, 6.45) is 6.54. The number of nitrogens with zero attached hydrogens (tertiary/aromatic N) is 2. The zero-order valence-electron chi connectivity index (χ0n) is 20.3. The first-order valence-corrected chi connectivity index (χ1v) is 12.5. The van der Waals surface area contributed by atoms with Gasteiger partial charge in [-0.3, -0.25) is 19.2 Å². The van der Waals surface area contributed by atoms with Gasteiger partial charge in [0.05, 0.1) is 40.4 Å². The molecule has 194 valence electrons. The molecule has 37 heavy (non-hydrogen) atoms. The summed E-state index contributed by atoms with van der Waals surface area (Å²) < 4.78 is 27.0. The van der Waals surface area contributed by atoms with Gasteiger partial charge in [-0.2, -0.15) is 0 Å². The van der Waals surface area contributed by atoms with Gasteiger partial charge >= 0.3 is 11.9 Å². The second-order valence-corrected chi connectivity index (χ2v) is 9.44. The number of carbonyl (C=O) groups is 3. The monoisotopic (exact) mass is 529 g/mol. The lowest BCUT2D eigenvalue weighted by atomic mass is 9.96. The van der Waals surface area contributed by atoms with Crippen LogP contribution in [0.3, 0.4) is 0 Å². The Morgan fingerprint density at radius 2 is 1.84 bits per heavy atom. The van der Waals surface area contributed by atoms with E-state index in [2.05, 4.69) is 5.32 Å². The summed E-state index contributed by atoms with van der Waals surface area (Å²) in [7, 11) is 0. The van der Waals surface area contributed by atoms with Crippen molar-refractivity contribution in [3.63, 3.8) is 0 Å². The van der Waals surface area contributed by atoms with Crippen LogP contribution >= 0.6 is 11.6 Å². The molecule has 0 spiro atoms. The zero-order valence-corrected chi connectivity index (χ0v) is 21.1. The second-order valence-electron chi connectivity index (χ2n) is 9.06. The van der Waals surface area contributed by atoms with Crippen LogP contribution in [0, 0.1) is 11.7 Å². The highest BCUT2D eigenvalue weighted by Gasteiger charge is 2.40. The molecule has 2 aliphatic heterocycles. The lowest BCUT2D eigenvalue weighted by Crippen LogP contribution is -2.37. The largest absolute Gasteiger partial charge is 0.465 e. The third-order valence-corrected chi connectivity index (χ3v) is 6.98. The fourth-order valence-corrected chi connectivity index (χ4v) is 5.15. The van der Waals surface area contributed by atoms with E-state index in [9.17, 15) is 19.2 Å². The first-order valence-electron chi connectivity index (χ1n) is 12.1. The van der Waals surface area contributed by atoms with Gasteiger partial charge in [-0.15, -0.1) is 0 Å². The third kappa shape index (κ3) is 4.29. The van der Waals surface area contributed by atoms with E-state index < -0.39 is 40.4 Å². The molecule has 0 saturated heterocycles. The van der Waals surface area contributed by atoms with E-state index in [-0.39, 0.29) is 35.4 Å². The van der Waals surface area contributed by atoms with Gasteiger partial charge in [0.15, 0.2) is 11.2 Å². The van der Waals surface area contributed by atoms with E-state index in [4.69, 9.17) is 21.1 Å². The molecule has 9 nitrogen and oxygen atoms in total. The maximum Gasteiger partial charge on any atom is 0.328 e. The molecule has 1 fully saturated rings. The molecular weight excluding hydrogens is 505 g/mol. The van der Waals surface area contributed by atoms with E-state index in [1.165, 1.54) is 20.0 Å². The van der Waals surface area contributed by atoms with Gasteiger partial charge in [0.2, 0.25) is 5.92 Å². The number of ketones is 1. The summed E-state index contributed by atoms with van der Waals surface area (Å²) in [6, 6.07) is 0.995. The number of halogens is 2. The molecule has 5 rings (SSSR count). The predicted molar refractivity (Wildman–Crippen MR) is 134 cm³/mol. The summed E-state index contributed by atoms with van der Waals surface area (Å²) in [6.45, 7) is 3.97.